The van der Waals surface area contributed by atoms with Gasteiger partial charge in [0.25, 0.3) is 0 Å². The Hall–Kier alpha value is -1.14. The van der Waals surface area contributed by atoms with Crippen molar-refractivity contribution in [2.75, 3.05) is 38.8 Å². The quantitative estimate of drug-likeness (QED) is 0.545. The van der Waals surface area contributed by atoms with Gasteiger partial charge in [-0.25, -0.2) is 4.98 Å². The molecule has 1 heterocycles. The summed E-state index contributed by atoms with van der Waals surface area (Å²) < 4.78 is 10.1. The minimum Gasteiger partial charge on any atom is -0.465 e. The molecule has 0 bridgehead atoms. The molecular formula is C14H24N2O3S. The third-order valence-corrected chi connectivity index (χ3v) is 4.04. The number of aromatic nitrogens is 1. The molecule has 114 valence electrons. The van der Waals surface area contributed by atoms with Gasteiger partial charge in [-0.05, 0) is 27.2 Å². The average Bonchev–Trinajstić information content (AvgIpc) is 2.89. The summed E-state index contributed by atoms with van der Waals surface area (Å²) in [6.45, 7) is 7.49. The fourth-order valence-electron chi connectivity index (χ4n) is 1.68. The highest BCUT2D eigenvalue weighted by Gasteiger charge is 2.34. The highest BCUT2D eigenvalue weighted by molar-refractivity contribution is 7.13. The molecule has 5 nitrogen and oxygen atoms in total. The first-order valence-corrected chi connectivity index (χ1v) is 7.64. The van der Waals surface area contributed by atoms with E-state index in [9.17, 15) is 4.79 Å². The van der Waals surface area contributed by atoms with Crippen LogP contribution in [0.15, 0.2) is 5.38 Å². The van der Waals surface area contributed by atoms with E-state index in [1.54, 1.807) is 18.4 Å². The van der Waals surface area contributed by atoms with Crippen LogP contribution in [0, 0.1) is 0 Å². The van der Waals surface area contributed by atoms with E-state index in [4.69, 9.17) is 9.47 Å². The molecule has 0 aromatic carbocycles. The van der Waals surface area contributed by atoms with Gasteiger partial charge in [0, 0.05) is 32.7 Å². The molecule has 0 atom stereocenters. The van der Waals surface area contributed by atoms with Crippen LogP contribution in [0.25, 0.3) is 0 Å². The standard InChI is InChI=1S/C14H24N2O3S/c1-6-19-12(17)14(2,3)11-10-20-13(15-11)16(4)8-7-9-18-5/h10H,6-9H2,1-5H3. The van der Waals surface area contributed by atoms with Crippen LogP contribution in [0.4, 0.5) is 5.13 Å². The van der Waals surface area contributed by atoms with Crippen molar-refractivity contribution in [1.29, 1.82) is 0 Å². The minimum absolute atomic E-state index is 0.237. The van der Waals surface area contributed by atoms with Crippen molar-refractivity contribution in [1.82, 2.24) is 4.98 Å². The molecule has 0 N–H and O–H groups in total. The van der Waals surface area contributed by atoms with Crippen LogP contribution in [0.1, 0.15) is 32.9 Å². The summed E-state index contributed by atoms with van der Waals surface area (Å²) in [5, 5.41) is 2.84. The molecule has 0 spiro atoms. The highest BCUT2D eigenvalue weighted by Crippen LogP contribution is 2.29. The van der Waals surface area contributed by atoms with Crippen molar-refractivity contribution in [3.63, 3.8) is 0 Å². The predicted molar refractivity (Wildman–Crippen MR) is 81.5 cm³/mol. The molecule has 20 heavy (non-hydrogen) atoms. The van der Waals surface area contributed by atoms with Crippen LogP contribution >= 0.6 is 11.3 Å². The van der Waals surface area contributed by atoms with Gasteiger partial charge in [0.05, 0.1) is 12.3 Å². The molecule has 0 aliphatic heterocycles. The number of anilines is 1. The van der Waals surface area contributed by atoms with Gasteiger partial charge in [0.2, 0.25) is 0 Å². The molecule has 0 unspecified atom stereocenters. The van der Waals surface area contributed by atoms with Crippen molar-refractivity contribution < 1.29 is 14.3 Å². The SMILES string of the molecule is CCOC(=O)C(C)(C)c1csc(N(C)CCCOC)n1. The lowest BCUT2D eigenvalue weighted by Gasteiger charge is -2.20. The van der Waals surface area contributed by atoms with E-state index in [0.717, 1.165) is 30.4 Å². The second-order valence-electron chi connectivity index (χ2n) is 5.13. The molecule has 0 saturated carbocycles. The van der Waals surface area contributed by atoms with E-state index in [0.29, 0.717) is 6.61 Å². The maximum absolute atomic E-state index is 12.0. The van der Waals surface area contributed by atoms with Gasteiger partial charge in [-0.2, -0.15) is 0 Å². The fraction of sp³-hybridized carbons (Fsp3) is 0.714. The van der Waals surface area contributed by atoms with E-state index in [2.05, 4.69) is 9.88 Å². The van der Waals surface area contributed by atoms with Gasteiger partial charge in [0.15, 0.2) is 5.13 Å². The van der Waals surface area contributed by atoms with Crippen LogP contribution in [-0.4, -0.2) is 44.9 Å². The first-order chi connectivity index (χ1) is 9.43. The number of carbonyl (C=O) groups excluding carboxylic acids is 1. The molecule has 0 fully saturated rings. The summed E-state index contributed by atoms with van der Waals surface area (Å²) in [6, 6.07) is 0. The van der Waals surface area contributed by atoms with Crippen LogP contribution in [0.5, 0.6) is 0 Å². The van der Waals surface area contributed by atoms with E-state index in [1.807, 2.05) is 33.2 Å². The van der Waals surface area contributed by atoms with Gasteiger partial charge in [-0.3, -0.25) is 4.79 Å². The zero-order valence-corrected chi connectivity index (χ0v) is 13.7. The molecular weight excluding hydrogens is 276 g/mol. The number of carbonyl (C=O) groups is 1. The van der Waals surface area contributed by atoms with Gasteiger partial charge in [-0.15, -0.1) is 11.3 Å². The van der Waals surface area contributed by atoms with Gasteiger partial charge >= 0.3 is 5.97 Å². The minimum atomic E-state index is -0.710. The summed E-state index contributed by atoms with van der Waals surface area (Å²) in [6.07, 6.45) is 0.948. The van der Waals surface area contributed by atoms with Gasteiger partial charge in [-0.1, -0.05) is 0 Å². The zero-order valence-electron chi connectivity index (χ0n) is 12.9. The van der Waals surface area contributed by atoms with Gasteiger partial charge < -0.3 is 14.4 Å². The lowest BCUT2D eigenvalue weighted by atomic mass is 9.90. The van der Waals surface area contributed by atoms with Crippen molar-refractivity contribution in [2.24, 2.45) is 0 Å². The first-order valence-electron chi connectivity index (χ1n) is 6.76. The summed E-state index contributed by atoms with van der Waals surface area (Å²) in [5.41, 5.74) is 0.0486. The maximum atomic E-state index is 12.0. The number of thiazole rings is 1. The Morgan fingerprint density at radius 1 is 1.50 bits per heavy atom. The lowest BCUT2D eigenvalue weighted by molar-refractivity contribution is -0.148. The molecule has 0 aliphatic rings. The Bertz CT molecular complexity index is 432. The monoisotopic (exact) mass is 300 g/mol. The number of methoxy groups -OCH3 is 1. The molecule has 0 amide bonds. The van der Waals surface area contributed by atoms with E-state index in [1.165, 1.54) is 0 Å². The van der Waals surface area contributed by atoms with Crippen LogP contribution in [0.2, 0.25) is 0 Å². The summed E-state index contributed by atoms with van der Waals surface area (Å²) in [7, 11) is 3.69. The summed E-state index contributed by atoms with van der Waals surface area (Å²) >= 11 is 1.54. The normalized spacial score (nSPS) is 11.4. The molecule has 0 saturated heterocycles. The van der Waals surface area contributed by atoms with Gasteiger partial charge in [0.1, 0.15) is 5.41 Å². The Labute approximate surface area is 124 Å². The van der Waals surface area contributed by atoms with Crippen molar-refractivity contribution in [3.8, 4) is 0 Å². The van der Waals surface area contributed by atoms with Crippen LogP contribution in [-0.2, 0) is 19.7 Å². The fourth-order valence-corrected chi connectivity index (χ4v) is 2.67. The van der Waals surface area contributed by atoms with Crippen molar-refractivity contribution in [3.05, 3.63) is 11.1 Å². The van der Waals surface area contributed by atoms with E-state index < -0.39 is 5.41 Å². The van der Waals surface area contributed by atoms with Crippen LogP contribution in [0.3, 0.4) is 0 Å². The second kappa shape index (κ2) is 7.59. The third-order valence-electron chi connectivity index (χ3n) is 3.09. The third kappa shape index (κ3) is 4.18. The maximum Gasteiger partial charge on any atom is 0.317 e. The largest absolute Gasteiger partial charge is 0.465 e. The van der Waals surface area contributed by atoms with E-state index >= 15 is 0 Å². The second-order valence-corrected chi connectivity index (χ2v) is 5.97. The molecule has 1 rings (SSSR count). The Balaban J connectivity index is 2.73. The predicted octanol–water partition coefficient (Wildman–Crippen LogP) is 2.46. The number of rotatable bonds is 8. The lowest BCUT2D eigenvalue weighted by Crippen LogP contribution is -2.31. The Morgan fingerprint density at radius 3 is 2.80 bits per heavy atom. The highest BCUT2D eigenvalue weighted by atomic mass is 32.1. The van der Waals surface area contributed by atoms with Crippen molar-refractivity contribution >= 4 is 22.4 Å². The number of nitrogens with zero attached hydrogens (tertiary/aromatic N) is 2. The molecule has 0 aliphatic carbocycles. The molecule has 0 radical (unpaired) electrons. The number of hydrogen-bond acceptors (Lipinski definition) is 6. The molecule has 1 aromatic rings. The smallest absolute Gasteiger partial charge is 0.317 e. The molecule has 6 heteroatoms. The topological polar surface area (TPSA) is 51.7 Å². The summed E-state index contributed by atoms with van der Waals surface area (Å²) in [4.78, 5) is 18.6. The number of hydrogen-bond donors (Lipinski definition) is 0. The molecule has 1 aromatic heterocycles. The zero-order chi connectivity index (χ0) is 15.2. The number of esters is 1. The van der Waals surface area contributed by atoms with Crippen LogP contribution < -0.4 is 4.90 Å². The van der Waals surface area contributed by atoms with E-state index in [-0.39, 0.29) is 5.97 Å². The summed E-state index contributed by atoms with van der Waals surface area (Å²) in [5.74, 6) is -0.237. The Morgan fingerprint density at radius 2 is 2.20 bits per heavy atom. The number of ether oxygens (including phenoxy) is 2. The Kier molecular flexibility index (Phi) is 6.42. The van der Waals surface area contributed by atoms with Crippen molar-refractivity contribution in [2.45, 2.75) is 32.6 Å². The average molecular weight is 300 g/mol. The first kappa shape index (κ1) is 16.9.